The Bertz CT molecular complexity index is 402. The standard InChI is InChI=1S/C14H22N2OS/c1-3-10(2)16-14(17)9-15-12-5-4-6-13-11(12)7-8-18-13/h7-8,10,12,15H,3-6,9H2,1-2H3,(H,16,17). The van der Waals surface area contributed by atoms with Gasteiger partial charge in [-0.2, -0.15) is 0 Å². The van der Waals surface area contributed by atoms with E-state index in [2.05, 4.69) is 29.0 Å². The second kappa shape index (κ2) is 6.34. The van der Waals surface area contributed by atoms with Crippen LogP contribution < -0.4 is 10.6 Å². The van der Waals surface area contributed by atoms with Crippen molar-refractivity contribution in [2.24, 2.45) is 0 Å². The van der Waals surface area contributed by atoms with Crippen LogP contribution in [-0.4, -0.2) is 18.5 Å². The molecule has 0 saturated heterocycles. The van der Waals surface area contributed by atoms with Crippen LogP contribution >= 0.6 is 11.3 Å². The molecule has 2 N–H and O–H groups in total. The Morgan fingerprint density at radius 3 is 3.22 bits per heavy atom. The van der Waals surface area contributed by atoms with Crippen LogP contribution in [0.3, 0.4) is 0 Å². The average Bonchev–Trinajstić information content (AvgIpc) is 2.84. The maximum atomic E-state index is 11.7. The molecule has 1 aliphatic carbocycles. The minimum absolute atomic E-state index is 0.103. The third kappa shape index (κ3) is 3.33. The lowest BCUT2D eigenvalue weighted by atomic mass is 9.94. The van der Waals surface area contributed by atoms with Crippen LogP contribution in [0.25, 0.3) is 0 Å². The molecule has 2 atom stereocenters. The summed E-state index contributed by atoms with van der Waals surface area (Å²) in [6.45, 7) is 4.54. The lowest BCUT2D eigenvalue weighted by molar-refractivity contribution is -0.121. The fourth-order valence-electron chi connectivity index (χ4n) is 2.34. The summed E-state index contributed by atoms with van der Waals surface area (Å²) < 4.78 is 0. The first-order valence-electron chi connectivity index (χ1n) is 6.79. The fourth-order valence-corrected chi connectivity index (χ4v) is 3.33. The Kier molecular flexibility index (Phi) is 4.78. The maximum absolute atomic E-state index is 11.7. The lowest BCUT2D eigenvalue weighted by Crippen LogP contribution is -2.40. The SMILES string of the molecule is CCC(C)NC(=O)CNC1CCCc2sccc21. The molecule has 1 aromatic heterocycles. The fraction of sp³-hybridized carbons (Fsp3) is 0.643. The molecule has 18 heavy (non-hydrogen) atoms. The van der Waals surface area contributed by atoms with Crippen molar-refractivity contribution in [3.05, 3.63) is 21.9 Å². The zero-order valence-corrected chi connectivity index (χ0v) is 12.0. The van der Waals surface area contributed by atoms with Gasteiger partial charge in [-0.05, 0) is 49.6 Å². The molecule has 3 nitrogen and oxygen atoms in total. The van der Waals surface area contributed by atoms with E-state index < -0.39 is 0 Å². The number of hydrogen-bond acceptors (Lipinski definition) is 3. The summed E-state index contributed by atoms with van der Waals surface area (Å²) in [6, 6.07) is 2.83. The highest BCUT2D eigenvalue weighted by atomic mass is 32.1. The van der Waals surface area contributed by atoms with Crippen molar-refractivity contribution in [1.82, 2.24) is 10.6 Å². The summed E-state index contributed by atoms with van der Waals surface area (Å²) in [5, 5.41) is 8.53. The zero-order chi connectivity index (χ0) is 13.0. The maximum Gasteiger partial charge on any atom is 0.234 e. The van der Waals surface area contributed by atoms with Crippen molar-refractivity contribution in [2.45, 2.75) is 51.6 Å². The number of carbonyl (C=O) groups excluding carboxylic acids is 1. The average molecular weight is 266 g/mol. The minimum Gasteiger partial charge on any atom is -0.353 e. The van der Waals surface area contributed by atoms with Crippen LogP contribution in [-0.2, 0) is 11.2 Å². The molecule has 0 aromatic carbocycles. The van der Waals surface area contributed by atoms with Crippen molar-refractivity contribution in [3.8, 4) is 0 Å². The molecule has 100 valence electrons. The van der Waals surface area contributed by atoms with Crippen molar-refractivity contribution >= 4 is 17.2 Å². The number of fused-ring (bicyclic) bond motifs is 1. The van der Waals surface area contributed by atoms with Gasteiger partial charge in [-0.15, -0.1) is 11.3 Å². The van der Waals surface area contributed by atoms with Gasteiger partial charge in [0.1, 0.15) is 0 Å². The van der Waals surface area contributed by atoms with E-state index in [0.29, 0.717) is 12.6 Å². The topological polar surface area (TPSA) is 41.1 Å². The van der Waals surface area contributed by atoms with E-state index in [0.717, 1.165) is 12.8 Å². The second-order valence-electron chi connectivity index (χ2n) is 5.00. The van der Waals surface area contributed by atoms with Crippen LogP contribution in [0.5, 0.6) is 0 Å². The van der Waals surface area contributed by atoms with E-state index in [9.17, 15) is 4.79 Å². The van der Waals surface area contributed by atoms with Gasteiger partial charge in [-0.3, -0.25) is 4.79 Å². The van der Waals surface area contributed by atoms with Crippen LogP contribution in [0, 0.1) is 0 Å². The van der Waals surface area contributed by atoms with Gasteiger partial charge in [0, 0.05) is 17.0 Å². The molecule has 1 amide bonds. The summed E-state index contributed by atoms with van der Waals surface area (Å²) in [5.41, 5.74) is 1.41. The summed E-state index contributed by atoms with van der Waals surface area (Å²) in [4.78, 5) is 13.2. The third-order valence-corrected chi connectivity index (χ3v) is 4.58. The van der Waals surface area contributed by atoms with Crippen LogP contribution in [0.15, 0.2) is 11.4 Å². The first-order chi connectivity index (χ1) is 8.70. The largest absolute Gasteiger partial charge is 0.353 e. The predicted octanol–water partition coefficient (Wildman–Crippen LogP) is 2.63. The molecule has 0 radical (unpaired) electrons. The van der Waals surface area contributed by atoms with Crippen molar-refractivity contribution in [3.63, 3.8) is 0 Å². The number of hydrogen-bond donors (Lipinski definition) is 2. The van der Waals surface area contributed by atoms with Gasteiger partial charge < -0.3 is 10.6 Å². The Balaban J connectivity index is 1.83. The van der Waals surface area contributed by atoms with Gasteiger partial charge >= 0.3 is 0 Å². The van der Waals surface area contributed by atoms with E-state index in [4.69, 9.17) is 0 Å². The van der Waals surface area contributed by atoms with Crippen LogP contribution in [0.4, 0.5) is 0 Å². The minimum atomic E-state index is 0.103. The van der Waals surface area contributed by atoms with Gasteiger partial charge in [0.25, 0.3) is 0 Å². The molecule has 1 aromatic rings. The molecule has 1 heterocycles. The summed E-state index contributed by atoms with van der Waals surface area (Å²) in [5.74, 6) is 0.103. The van der Waals surface area contributed by atoms with Gasteiger partial charge in [0.2, 0.25) is 5.91 Å². The number of aryl methyl sites for hydroxylation is 1. The Morgan fingerprint density at radius 1 is 1.61 bits per heavy atom. The number of amides is 1. The molecule has 0 bridgehead atoms. The van der Waals surface area contributed by atoms with Gasteiger partial charge in [0.05, 0.1) is 6.54 Å². The van der Waals surface area contributed by atoms with E-state index in [-0.39, 0.29) is 11.9 Å². The monoisotopic (exact) mass is 266 g/mol. The molecular formula is C14H22N2OS. The lowest BCUT2D eigenvalue weighted by Gasteiger charge is -2.24. The van der Waals surface area contributed by atoms with Crippen molar-refractivity contribution < 1.29 is 4.79 Å². The predicted molar refractivity (Wildman–Crippen MR) is 75.9 cm³/mol. The Labute approximate surface area is 113 Å². The summed E-state index contributed by atoms with van der Waals surface area (Å²) in [7, 11) is 0. The normalized spacial score (nSPS) is 20.2. The second-order valence-corrected chi connectivity index (χ2v) is 6.00. The highest BCUT2D eigenvalue weighted by molar-refractivity contribution is 7.10. The summed E-state index contributed by atoms with van der Waals surface area (Å²) in [6.07, 6.45) is 4.53. The van der Waals surface area contributed by atoms with E-state index in [1.54, 1.807) is 0 Å². The molecule has 2 unspecified atom stereocenters. The molecule has 0 saturated carbocycles. The van der Waals surface area contributed by atoms with Crippen LogP contribution in [0.1, 0.15) is 49.6 Å². The number of nitrogens with one attached hydrogen (secondary N) is 2. The molecule has 1 aliphatic rings. The number of thiophene rings is 1. The zero-order valence-electron chi connectivity index (χ0n) is 11.2. The van der Waals surface area contributed by atoms with E-state index in [1.165, 1.54) is 23.3 Å². The smallest absolute Gasteiger partial charge is 0.234 e. The Hall–Kier alpha value is -0.870. The van der Waals surface area contributed by atoms with Crippen LogP contribution in [0.2, 0.25) is 0 Å². The Morgan fingerprint density at radius 2 is 2.44 bits per heavy atom. The summed E-state index contributed by atoms with van der Waals surface area (Å²) >= 11 is 1.84. The molecule has 0 aliphatic heterocycles. The van der Waals surface area contributed by atoms with E-state index >= 15 is 0 Å². The third-order valence-electron chi connectivity index (χ3n) is 3.58. The van der Waals surface area contributed by atoms with Gasteiger partial charge in [-0.25, -0.2) is 0 Å². The quantitative estimate of drug-likeness (QED) is 0.860. The first-order valence-corrected chi connectivity index (χ1v) is 7.67. The highest BCUT2D eigenvalue weighted by Crippen LogP contribution is 2.32. The van der Waals surface area contributed by atoms with E-state index in [1.807, 2.05) is 18.3 Å². The molecular weight excluding hydrogens is 244 g/mol. The van der Waals surface area contributed by atoms with Crippen molar-refractivity contribution in [1.29, 1.82) is 0 Å². The highest BCUT2D eigenvalue weighted by Gasteiger charge is 2.21. The van der Waals surface area contributed by atoms with Crippen molar-refractivity contribution in [2.75, 3.05) is 6.54 Å². The first kappa shape index (κ1) is 13.6. The van der Waals surface area contributed by atoms with Gasteiger partial charge in [0.15, 0.2) is 0 Å². The molecule has 2 rings (SSSR count). The number of rotatable bonds is 5. The number of carbonyl (C=O) groups is 1. The molecule has 4 heteroatoms. The van der Waals surface area contributed by atoms with Gasteiger partial charge in [-0.1, -0.05) is 6.92 Å². The molecule has 0 spiro atoms. The molecule has 0 fully saturated rings.